The number of aromatic nitrogens is 4. The summed E-state index contributed by atoms with van der Waals surface area (Å²) in [5.74, 6) is 1.43. The standard InChI is InChI=1S/C21H25N7O2/c1-16-14-27(10-11-30-16)20-3-2-18(12-23-20)13-24-21(29)25-19-6-9-28(26-19)15-17-4-7-22-8-5-17/h2-9,12,16H,10-11,13-15H2,1H3,(H2,24,25,26,29). The molecule has 9 heteroatoms. The van der Waals surface area contributed by atoms with Gasteiger partial charge in [0.15, 0.2) is 5.82 Å². The number of urea groups is 1. The summed E-state index contributed by atoms with van der Waals surface area (Å²) in [4.78, 5) is 22.9. The highest BCUT2D eigenvalue weighted by Crippen LogP contribution is 2.15. The number of rotatable bonds is 6. The fraction of sp³-hybridized carbons (Fsp3) is 0.333. The molecule has 1 aliphatic rings. The van der Waals surface area contributed by atoms with Crippen molar-refractivity contribution >= 4 is 17.7 Å². The predicted molar refractivity (Wildman–Crippen MR) is 113 cm³/mol. The van der Waals surface area contributed by atoms with Crippen molar-refractivity contribution < 1.29 is 9.53 Å². The largest absolute Gasteiger partial charge is 0.375 e. The van der Waals surface area contributed by atoms with Gasteiger partial charge in [0.1, 0.15) is 5.82 Å². The average molecular weight is 407 g/mol. The van der Waals surface area contributed by atoms with E-state index < -0.39 is 0 Å². The molecule has 1 atom stereocenters. The first-order valence-corrected chi connectivity index (χ1v) is 9.94. The molecular formula is C21H25N7O2. The molecule has 0 saturated carbocycles. The maximum Gasteiger partial charge on any atom is 0.320 e. The lowest BCUT2D eigenvalue weighted by molar-refractivity contribution is 0.0529. The third kappa shape index (κ3) is 5.32. The molecule has 0 bridgehead atoms. The second kappa shape index (κ2) is 9.36. The Bertz CT molecular complexity index is 959. The molecule has 156 valence electrons. The van der Waals surface area contributed by atoms with E-state index in [4.69, 9.17) is 4.74 Å². The van der Waals surface area contributed by atoms with Crippen molar-refractivity contribution in [3.63, 3.8) is 0 Å². The molecule has 30 heavy (non-hydrogen) atoms. The first kappa shape index (κ1) is 19.8. The van der Waals surface area contributed by atoms with Gasteiger partial charge < -0.3 is 15.0 Å². The van der Waals surface area contributed by atoms with Crippen LogP contribution in [0.15, 0.2) is 55.1 Å². The third-order valence-corrected chi connectivity index (χ3v) is 4.80. The van der Waals surface area contributed by atoms with Gasteiger partial charge in [-0.05, 0) is 36.2 Å². The molecule has 0 aliphatic carbocycles. The van der Waals surface area contributed by atoms with Gasteiger partial charge in [-0.2, -0.15) is 5.10 Å². The third-order valence-electron chi connectivity index (χ3n) is 4.80. The number of pyridine rings is 2. The van der Waals surface area contributed by atoms with Gasteiger partial charge >= 0.3 is 6.03 Å². The van der Waals surface area contributed by atoms with Gasteiger partial charge in [0.05, 0.1) is 19.3 Å². The molecule has 4 rings (SSSR count). The summed E-state index contributed by atoms with van der Waals surface area (Å²) in [5.41, 5.74) is 2.02. The van der Waals surface area contributed by atoms with Gasteiger partial charge in [-0.3, -0.25) is 15.0 Å². The molecule has 1 fully saturated rings. The lowest BCUT2D eigenvalue weighted by atomic mass is 10.2. The number of hydrogen-bond donors (Lipinski definition) is 2. The molecular weight excluding hydrogens is 382 g/mol. The molecule has 2 N–H and O–H groups in total. The van der Waals surface area contributed by atoms with Gasteiger partial charge in [-0.1, -0.05) is 6.07 Å². The molecule has 1 aliphatic heterocycles. The number of ether oxygens (including phenoxy) is 1. The normalized spacial score (nSPS) is 16.3. The zero-order valence-electron chi connectivity index (χ0n) is 16.9. The van der Waals surface area contributed by atoms with Crippen molar-refractivity contribution in [3.05, 3.63) is 66.2 Å². The molecule has 4 heterocycles. The zero-order chi connectivity index (χ0) is 20.8. The number of hydrogen-bond acceptors (Lipinski definition) is 6. The summed E-state index contributed by atoms with van der Waals surface area (Å²) in [6, 6.07) is 9.27. The molecule has 3 aromatic heterocycles. The maximum absolute atomic E-state index is 12.2. The Balaban J connectivity index is 1.25. The monoisotopic (exact) mass is 407 g/mol. The van der Waals surface area contributed by atoms with Crippen molar-refractivity contribution in [2.75, 3.05) is 29.9 Å². The minimum atomic E-state index is -0.310. The Morgan fingerprint density at radius 1 is 1.20 bits per heavy atom. The molecule has 0 aromatic carbocycles. The average Bonchev–Trinajstić information content (AvgIpc) is 3.20. The fourth-order valence-corrected chi connectivity index (χ4v) is 3.27. The van der Waals surface area contributed by atoms with Gasteiger partial charge in [-0.15, -0.1) is 0 Å². The van der Waals surface area contributed by atoms with Crippen LogP contribution in [0.2, 0.25) is 0 Å². The molecule has 0 spiro atoms. The van der Waals surface area contributed by atoms with Crippen LogP contribution >= 0.6 is 0 Å². The Morgan fingerprint density at radius 2 is 2.07 bits per heavy atom. The quantitative estimate of drug-likeness (QED) is 0.651. The molecule has 0 radical (unpaired) electrons. The van der Waals surface area contributed by atoms with E-state index in [0.29, 0.717) is 25.5 Å². The Hall–Kier alpha value is -3.46. The Labute approximate surface area is 175 Å². The van der Waals surface area contributed by atoms with Crippen molar-refractivity contribution in [2.24, 2.45) is 0 Å². The van der Waals surface area contributed by atoms with Gasteiger partial charge in [-0.25, -0.2) is 9.78 Å². The second-order valence-corrected chi connectivity index (χ2v) is 7.21. The van der Waals surface area contributed by atoms with E-state index in [1.165, 1.54) is 0 Å². The van der Waals surface area contributed by atoms with Crippen molar-refractivity contribution in [1.82, 2.24) is 25.1 Å². The van der Waals surface area contributed by atoms with E-state index in [9.17, 15) is 4.79 Å². The highest BCUT2D eigenvalue weighted by atomic mass is 16.5. The molecule has 1 unspecified atom stereocenters. The van der Waals surface area contributed by atoms with Gasteiger partial charge in [0, 0.05) is 50.5 Å². The highest BCUT2D eigenvalue weighted by molar-refractivity contribution is 5.88. The van der Waals surface area contributed by atoms with Crippen LogP contribution in [0.3, 0.4) is 0 Å². The summed E-state index contributed by atoms with van der Waals surface area (Å²) < 4.78 is 7.33. The zero-order valence-corrected chi connectivity index (χ0v) is 16.9. The van der Waals surface area contributed by atoms with E-state index in [2.05, 4.69) is 37.5 Å². The van der Waals surface area contributed by atoms with E-state index in [0.717, 1.165) is 30.0 Å². The van der Waals surface area contributed by atoms with E-state index in [1.807, 2.05) is 30.5 Å². The topological polar surface area (TPSA) is 97.2 Å². The van der Waals surface area contributed by atoms with Crippen molar-refractivity contribution in [2.45, 2.75) is 26.1 Å². The number of anilines is 2. The fourth-order valence-electron chi connectivity index (χ4n) is 3.27. The molecule has 3 aromatic rings. The van der Waals surface area contributed by atoms with Crippen LogP contribution in [0.5, 0.6) is 0 Å². The number of morpholine rings is 1. The van der Waals surface area contributed by atoms with Gasteiger partial charge in [0.25, 0.3) is 0 Å². The Morgan fingerprint density at radius 3 is 2.83 bits per heavy atom. The van der Waals surface area contributed by atoms with E-state index in [1.54, 1.807) is 29.3 Å². The number of amides is 2. The first-order valence-electron chi connectivity index (χ1n) is 9.94. The minimum absolute atomic E-state index is 0.207. The van der Waals surface area contributed by atoms with Crippen molar-refractivity contribution in [3.8, 4) is 0 Å². The predicted octanol–water partition coefficient (Wildman–Crippen LogP) is 2.27. The van der Waals surface area contributed by atoms with Crippen LogP contribution in [0.25, 0.3) is 0 Å². The van der Waals surface area contributed by atoms with Crippen LogP contribution in [-0.4, -0.2) is 51.6 Å². The summed E-state index contributed by atoms with van der Waals surface area (Å²) in [6.07, 6.45) is 7.31. The van der Waals surface area contributed by atoms with Crippen LogP contribution < -0.4 is 15.5 Å². The van der Waals surface area contributed by atoms with Crippen LogP contribution in [0, 0.1) is 0 Å². The van der Waals surface area contributed by atoms with Gasteiger partial charge in [0.2, 0.25) is 0 Å². The SMILES string of the molecule is CC1CN(c2ccc(CNC(=O)Nc3ccn(Cc4ccncc4)n3)cn2)CCO1. The highest BCUT2D eigenvalue weighted by Gasteiger charge is 2.17. The number of nitrogens with zero attached hydrogens (tertiary/aromatic N) is 5. The summed E-state index contributed by atoms with van der Waals surface area (Å²) in [5, 5.41) is 9.95. The maximum atomic E-state index is 12.2. The van der Waals surface area contributed by atoms with E-state index in [-0.39, 0.29) is 12.1 Å². The summed E-state index contributed by atoms with van der Waals surface area (Å²) in [7, 11) is 0. The first-order chi connectivity index (χ1) is 14.7. The lowest BCUT2D eigenvalue weighted by Gasteiger charge is -2.32. The number of carbonyl (C=O) groups excluding carboxylic acids is 1. The van der Waals surface area contributed by atoms with Crippen molar-refractivity contribution in [1.29, 1.82) is 0 Å². The van der Waals surface area contributed by atoms with E-state index >= 15 is 0 Å². The minimum Gasteiger partial charge on any atom is -0.375 e. The summed E-state index contributed by atoms with van der Waals surface area (Å²) in [6.45, 7) is 5.45. The van der Waals surface area contributed by atoms with Crippen LogP contribution in [0.1, 0.15) is 18.1 Å². The lowest BCUT2D eigenvalue weighted by Crippen LogP contribution is -2.41. The summed E-state index contributed by atoms with van der Waals surface area (Å²) >= 11 is 0. The molecule has 9 nitrogen and oxygen atoms in total. The smallest absolute Gasteiger partial charge is 0.320 e. The second-order valence-electron chi connectivity index (χ2n) is 7.21. The number of nitrogens with one attached hydrogen (secondary N) is 2. The van der Waals surface area contributed by atoms with Crippen LogP contribution in [-0.2, 0) is 17.8 Å². The number of carbonyl (C=O) groups is 1. The molecule has 1 saturated heterocycles. The van der Waals surface area contributed by atoms with Crippen LogP contribution in [0.4, 0.5) is 16.4 Å². The molecule has 2 amide bonds. The Kier molecular flexibility index (Phi) is 6.19.